The average molecular weight is 430 g/mol. The number of carbonyl (C=O) groups is 3. The van der Waals surface area contributed by atoms with Gasteiger partial charge in [0, 0.05) is 14.2 Å². The zero-order valence-corrected chi connectivity index (χ0v) is 20.4. The number of hydrogen-bond acceptors (Lipinski definition) is 5. The number of methoxy groups -OCH3 is 1. The van der Waals surface area contributed by atoms with E-state index < -0.39 is 24.2 Å². The van der Waals surface area contributed by atoms with Crippen LogP contribution in [0.3, 0.4) is 0 Å². The maximum absolute atomic E-state index is 13.4. The summed E-state index contributed by atoms with van der Waals surface area (Å²) >= 11 is 0. The summed E-state index contributed by atoms with van der Waals surface area (Å²) in [5.74, 6) is -1.42. The molecule has 0 aromatic carbocycles. The van der Waals surface area contributed by atoms with Gasteiger partial charge in [-0.3, -0.25) is 19.3 Å². The molecule has 2 amide bonds. The van der Waals surface area contributed by atoms with Gasteiger partial charge in [-0.05, 0) is 31.8 Å². The molecule has 0 unspecified atom stereocenters. The molecule has 0 aliphatic carbocycles. The Morgan fingerprint density at radius 2 is 1.53 bits per heavy atom. The number of carboxylic acid groups (broad SMARTS) is 1. The molecule has 176 valence electrons. The van der Waals surface area contributed by atoms with Crippen molar-refractivity contribution in [3.05, 3.63) is 0 Å². The molecule has 5 atom stereocenters. The third-order valence-corrected chi connectivity index (χ3v) is 5.77. The van der Waals surface area contributed by atoms with Crippen LogP contribution in [0, 0.1) is 17.8 Å². The van der Waals surface area contributed by atoms with Crippen molar-refractivity contribution in [3.63, 3.8) is 0 Å². The highest BCUT2D eigenvalue weighted by Crippen LogP contribution is 2.23. The third-order valence-electron chi connectivity index (χ3n) is 5.77. The van der Waals surface area contributed by atoms with Gasteiger partial charge in [-0.25, -0.2) is 0 Å². The standard InChI is InChI=1S/C22H43N3O5/c1-11-15(6)20(16(30-10)12-17(26)27)25(9)22(29)18(13(2)3)23-21(28)19(14(4)5)24(7)8/h13-16,18-20H,11-12H2,1-10H3,(H,23,28)(H,26,27)/t15-,16+,18-,19-,20-/m0/s1. The van der Waals surface area contributed by atoms with Gasteiger partial charge >= 0.3 is 5.97 Å². The zero-order chi connectivity index (χ0) is 23.8. The lowest BCUT2D eigenvalue weighted by Crippen LogP contribution is -2.59. The number of amides is 2. The Morgan fingerprint density at radius 3 is 1.87 bits per heavy atom. The van der Waals surface area contributed by atoms with Crippen LogP contribution in [-0.4, -0.2) is 85.2 Å². The van der Waals surface area contributed by atoms with Gasteiger partial charge in [-0.15, -0.1) is 0 Å². The topological polar surface area (TPSA) is 99.2 Å². The molecule has 0 radical (unpaired) electrons. The first-order chi connectivity index (χ1) is 13.8. The minimum atomic E-state index is -0.976. The molecule has 0 saturated heterocycles. The summed E-state index contributed by atoms with van der Waals surface area (Å²) in [6.07, 6.45) is -0.0749. The number of hydrogen-bond donors (Lipinski definition) is 2. The van der Waals surface area contributed by atoms with E-state index in [2.05, 4.69) is 5.32 Å². The first-order valence-corrected chi connectivity index (χ1v) is 10.8. The molecule has 30 heavy (non-hydrogen) atoms. The molecule has 2 N–H and O–H groups in total. The minimum Gasteiger partial charge on any atom is -0.481 e. The zero-order valence-electron chi connectivity index (χ0n) is 20.4. The average Bonchev–Trinajstić information content (AvgIpc) is 2.63. The second kappa shape index (κ2) is 12.9. The molecule has 8 heteroatoms. The molecule has 0 aromatic rings. The highest BCUT2D eigenvalue weighted by atomic mass is 16.5. The van der Waals surface area contributed by atoms with Gasteiger partial charge in [0.15, 0.2) is 0 Å². The Morgan fingerprint density at radius 1 is 1.00 bits per heavy atom. The normalized spacial score (nSPS) is 16.8. The first-order valence-electron chi connectivity index (χ1n) is 10.8. The van der Waals surface area contributed by atoms with Crippen molar-refractivity contribution in [1.29, 1.82) is 0 Å². The minimum absolute atomic E-state index is 0.0250. The Bertz CT molecular complexity index is 557. The maximum atomic E-state index is 13.4. The number of nitrogens with one attached hydrogen (secondary N) is 1. The lowest BCUT2D eigenvalue weighted by Gasteiger charge is -2.40. The summed E-state index contributed by atoms with van der Waals surface area (Å²) in [5, 5.41) is 12.2. The third kappa shape index (κ3) is 7.87. The fraction of sp³-hybridized carbons (Fsp3) is 0.864. The van der Waals surface area contributed by atoms with E-state index >= 15 is 0 Å². The van der Waals surface area contributed by atoms with E-state index in [1.807, 2.05) is 60.5 Å². The molecular formula is C22H43N3O5. The Hall–Kier alpha value is -1.67. The van der Waals surface area contributed by atoms with E-state index in [-0.39, 0.29) is 42.0 Å². The monoisotopic (exact) mass is 429 g/mol. The number of rotatable bonds is 13. The molecule has 0 spiro atoms. The van der Waals surface area contributed by atoms with E-state index in [1.54, 1.807) is 11.9 Å². The fourth-order valence-electron chi connectivity index (χ4n) is 4.01. The van der Waals surface area contributed by atoms with E-state index in [1.165, 1.54) is 7.11 Å². The second-order valence-electron chi connectivity index (χ2n) is 9.08. The summed E-state index contributed by atoms with van der Waals surface area (Å²) in [4.78, 5) is 41.1. The predicted octanol–water partition coefficient (Wildman–Crippen LogP) is 2.08. The lowest BCUT2D eigenvalue weighted by molar-refractivity contribution is -0.148. The molecule has 0 aromatic heterocycles. The second-order valence-corrected chi connectivity index (χ2v) is 9.08. The summed E-state index contributed by atoms with van der Waals surface area (Å²) in [7, 11) is 6.82. The molecule has 0 bridgehead atoms. The summed E-state index contributed by atoms with van der Waals surface area (Å²) in [6.45, 7) is 11.7. The number of carbonyl (C=O) groups excluding carboxylic acids is 2. The van der Waals surface area contributed by atoms with Crippen molar-refractivity contribution < 1.29 is 24.2 Å². The van der Waals surface area contributed by atoms with Gasteiger partial charge in [0.1, 0.15) is 6.04 Å². The largest absolute Gasteiger partial charge is 0.481 e. The highest BCUT2D eigenvalue weighted by molar-refractivity contribution is 5.90. The molecule has 8 nitrogen and oxygen atoms in total. The number of aliphatic carboxylic acids is 1. The highest BCUT2D eigenvalue weighted by Gasteiger charge is 2.38. The molecule has 0 saturated carbocycles. The smallest absolute Gasteiger partial charge is 0.306 e. The first kappa shape index (κ1) is 28.3. The van der Waals surface area contributed by atoms with Crippen LogP contribution in [0.5, 0.6) is 0 Å². The summed E-state index contributed by atoms with van der Waals surface area (Å²) < 4.78 is 5.47. The SMILES string of the molecule is CC[C@H](C)[C@@H]([C@@H](CC(=O)O)OC)N(C)C(=O)[C@@H](NC(=O)[C@H](C(C)C)N(C)C)C(C)C. The van der Waals surface area contributed by atoms with Gasteiger partial charge < -0.3 is 20.1 Å². The lowest BCUT2D eigenvalue weighted by atomic mass is 9.90. The number of likely N-dealkylation sites (N-methyl/N-ethyl adjacent to an activating group) is 2. The molecular weight excluding hydrogens is 386 g/mol. The van der Waals surface area contributed by atoms with Crippen LogP contribution in [0.25, 0.3) is 0 Å². The quantitative estimate of drug-likeness (QED) is 0.465. The Kier molecular flexibility index (Phi) is 12.2. The molecule has 0 rings (SSSR count). The van der Waals surface area contributed by atoms with Crippen LogP contribution in [0.1, 0.15) is 54.4 Å². The predicted molar refractivity (Wildman–Crippen MR) is 118 cm³/mol. The van der Waals surface area contributed by atoms with Crippen molar-refractivity contribution in [2.45, 2.75) is 78.6 Å². The van der Waals surface area contributed by atoms with E-state index in [4.69, 9.17) is 4.74 Å². The van der Waals surface area contributed by atoms with Crippen molar-refractivity contribution in [3.8, 4) is 0 Å². The Balaban J connectivity index is 5.80. The molecule has 0 aliphatic heterocycles. The van der Waals surface area contributed by atoms with Crippen LogP contribution in [0.15, 0.2) is 0 Å². The van der Waals surface area contributed by atoms with Crippen LogP contribution in [-0.2, 0) is 19.1 Å². The Labute approximate surface area is 182 Å². The van der Waals surface area contributed by atoms with Gasteiger partial charge in [0.05, 0.1) is 24.6 Å². The van der Waals surface area contributed by atoms with Gasteiger partial charge in [-0.1, -0.05) is 48.0 Å². The van der Waals surface area contributed by atoms with Crippen LogP contribution in [0.2, 0.25) is 0 Å². The van der Waals surface area contributed by atoms with Crippen molar-refractivity contribution >= 4 is 17.8 Å². The number of nitrogens with zero attached hydrogens (tertiary/aromatic N) is 2. The summed E-state index contributed by atoms with van der Waals surface area (Å²) in [6, 6.07) is -1.48. The number of ether oxygens (including phenoxy) is 1. The van der Waals surface area contributed by atoms with E-state index in [0.29, 0.717) is 0 Å². The van der Waals surface area contributed by atoms with E-state index in [0.717, 1.165) is 6.42 Å². The van der Waals surface area contributed by atoms with Crippen molar-refractivity contribution in [1.82, 2.24) is 15.1 Å². The van der Waals surface area contributed by atoms with Gasteiger partial charge in [-0.2, -0.15) is 0 Å². The van der Waals surface area contributed by atoms with E-state index in [9.17, 15) is 19.5 Å². The maximum Gasteiger partial charge on any atom is 0.306 e. The van der Waals surface area contributed by atoms with Crippen molar-refractivity contribution in [2.24, 2.45) is 17.8 Å². The van der Waals surface area contributed by atoms with Gasteiger partial charge in [0.25, 0.3) is 0 Å². The fourth-order valence-corrected chi connectivity index (χ4v) is 4.01. The van der Waals surface area contributed by atoms with Gasteiger partial charge in [0.2, 0.25) is 11.8 Å². The molecule has 0 fully saturated rings. The summed E-state index contributed by atoms with van der Waals surface area (Å²) in [5.41, 5.74) is 0. The van der Waals surface area contributed by atoms with Crippen LogP contribution < -0.4 is 5.32 Å². The molecule has 0 heterocycles. The number of carboxylic acids is 1. The van der Waals surface area contributed by atoms with Crippen LogP contribution >= 0.6 is 0 Å². The van der Waals surface area contributed by atoms with Crippen molar-refractivity contribution in [2.75, 3.05) is 28.3 Å². The van der Waals surface area contributed by atoms with Crippen LogP contribution in [0.4, 0.5) is 0 Å². The molecule has 0 aliphatic rings.